The zero-order valence-electron chi connectivity index (χ0n) is 11.3. The van der Waals surface area contributed by atoms with Crippen LogP contribution < -0.4 is 5.32 Å². The van der Waals surface area contributed by atoms with Gasteiger partial charge in [0.15, 0.2) is 6.10 Å². The molecular formula is C14H14N4O3. The zero-order chi connectivity index (χ0) is 14.6. The Labute approximate surface area is 121 Å². The molecule has 0 radical (unpaired) electrons. The molecule has 3 aliphatic heterocycles. The number of nitrogens with one attached hydrogen (secondary N) is 1. The van der Waals surface area contributed by atoms with Gasteiger partial charge < -0.3 is 10.1 Å². The van der Waals surface area contributed by atoms with E-state index < -0.39 is 17.7 Å². The van der Waals surface area contributed by atoms with Crippen molar-refractivity contribution in [1.82, 2.24) is 20.2 Å². The number of nitrogens with zero attached hydrogens (tertiary/aromatic N) is 3. The molecule has 7 heteroatoms. The van der Waals surface area contributed by atoms with Crippen molar-refractivity contribution in [3.8, 4) is 0 Å². The van der Waals surface area contributed by atoms with Crippen LogP contribution in [0.2, 0.25) is 0 Å². The third-order valence-electron chi connectivity index (χ3n) is 4.60. The summed E-state index contributed by atoms with van der Waals surface area (Å²) in [6, 6.07) is 0. The molecule has 5 rings (SSSR count). The van der Waals surface area contributed by atoms with Crippen molar-refractivity contribution < 1.29 is 14.3 Å². The Morgan fingerprint density at radius 2 is 2.19 bits per heavy atom. The molecule has 2 bridgehead atoms. The highest BCUT2D eigenvalue weighted by atomic mass is 16.6. The van der Waals surface area contributed by atoms with Crippen LogP contribution in [0, 0.1) is 5.92 Å². The lowest BCUT2D eigenvalue weighted by molar-refractivity contribution is -0.143. The third-order valence-corrected chi connectivity index (χ3v) is 4.60. The minimum absolute atomic E-state index is 0.160. The van der Waals surface area contributed by atoms with Crippen molar-refractivity contribution in [2.24, 2.45) is 5.92 Å². The summed E-state index contributed by atoms with van der Waals surface area (Å²) in [5, 5.41) is 2.76. The van der Waals surface area contributed by atoms with Crippen LogP contribution in [0.15, 0.2) is 30.9 Å². The molecule has 2 amide bonds. The Bertz CT molecular complexity index is 639. The van der Waals surface area contributed by atoms with Crippen molar-refractivity contribution in [2.75, 3.05) is 6.54 Å². The van der Waals surface area contributed by atoms with Crippen LogP contribution in [-0.2, 0) is 9.53 Å². The van der Waals surface area contributed by atoms with E-state index in [9.17, 15) is 9.59 Å². The minimum atomic E-state index is -0.778. The maximum absolute atomic E-state index is 12.3. The summed E-state index contributed by atoms with van der Waals surface area (Å²) in [4.78, 5) is 34.1. The lowest BCUT2D eigenvalue weighted by atomic mass is 9.62. The lowest BCUT2D eigenvalue weighted by Crippen LogP contribution is -2.70. The predicted octanol–water partition coefficient (Wildman–Crippen LogP) is 0.762. The standard InChI is InChI=1S/C14H14N4O3/c1-8-9-4-14(5-9,12(19)17-8)18-7-11(21-13(18)20)10-6-15-2-3-16-10/h2-3,6,9,11H,1,4-5,7H2,(H,17,19). The topological polar surface area (TPSA) is 84.4 Å². The summed E-state index contributed by atoms with van der Waals surface area (Å²) in [7, 11) is 0. The van der Waals surface area contributed by atoms with E-state index in [1.165, 1.54) is 4.90 Å². The quantitative estimate of drug-likeness (QED) is 0.867. The molecule has 3 saturated heterocycles. The van der Waals surface area contributed by atoms with Crippen LogP contribution in [0.3, 0.4) is 0 Å². The van der Waals surface area contributed by atoms with Gasteiger partial charge in [0.05, 0.1) is 12.7 Å². The number of carbonyl (C=O) groups is 2. The summed E-state index contributed by atoms with van der Waals surface area (Å²) in [6.07, 6.45) is 5.00. The largest absolute Gasteiger partial charge is 0.438 e. The van der Waals surface area contributed by atoms with E-state index in [-0.39, 0.29) is 11.8 Å². The number of hydrogen-bond acceptors (Lipinski definition) is 5. The number of cyclic esters (lactones) is 1. The summed E-state index contributed by atoms with van der Waals surface area (Å²) in [5.41, 5.74) is 0.570. The summed E-state index contributed by atoms with van der Waals surface area (Å²) in [6.45, 7) is 4.16. The number of aromatic nitrogens is 2. The van der Waals surface area contributed by atoms with Crippen molar-refractivity contribution in [3.05, 3.63) is 36.6 Å². The van der Waals surface area contributed by atoms with Gasteiger partial charge in [-0.2, -0.15) is 0 Å². The first kappa shape index (κ1) is 12.3. The van der Waals surface area contributed by atoms with Crippen LogP contribution in [-0.4, -0.2) is 39.0 Å². The molecule has 1 aliphatic carbocycles. The first-order valence-electron chi connectivity index (χ1n) is 6.84. The Balaban J connectivity index is 1.59. The molecule has 108 valence electrons. The van der Waals surface area contributed by atoms with Gasteiger partial charge in [-0.05, 0) is 12.8 Å². The Hall–Kier alpha value is -2.44. The molecule has 7 nitrogen and oxygen atoms in total. The molecular weight excluding hydrogens is 272 g/mol. The van der Waals surface area contributed by atoms with E-state index in [4.69, 9.17) is 4.74 Å². The number of rotatable bonds is 2. The van der Waals surface area contributed by atoms with Crippen LogP contribution in [0.1, 0.15) is 24.6 Å². The lowest BCUT2D eigenvalue weighted by Gasteiger charge is -2.54. The third kappa shape index (κ3) is 1.60. The van der Waals surface area contributed by atoms with Gasteiger partial charge in [-0.15, -0.1) is 0 Å². The fourth-order valence-corrected chi connectivity index (χ4v) is 3.34. The van der Waals surface area contributed by atoms with Crippen LogP contribution in [0.5, 0.6) is 0 Å². The van der Waals surface area contributed by atoms with Gasteiger partial charge in [0, 0.05) is 24.0 Å². The van der Waals surface area contributed by atoms with Gasteiger partial charge in [0.25, 0.3) is 0 Å². The van der Waals surface area contributed by atoms with E-state index in [1.807, 2.05) is 0 Å². The first-order chi connectivity index (χ1) is 10.1. The van der Waals surface area contributed by atoms with Crippen molar-refractivity contribution >= 4 is 12.0 Å². The Morgan fingerprint density at radius 3 is 2.86 bits per heavy atom. The Kier molecular flexibility index (Phi) is 2.36. The second kappa shape index (κ2) is 4.03. The molecule has 1 aromatic rings. The number of carbonyl (C=O) groups excluding carboxylic acids is 2. The SMILES string of the molecule is C=C1NC(=O)C2(N3CC(c4cnccn4)OC3=O)CC1C2. The molecule has 0 spiro atoms. The number of allylic oxidation sites excluding steroid dienone is 1. The number of fused-ring (bicyclic) bond motifs is 2. The van der Waals surface area contributed by atoms with Crippen LogP contribution in [0.25, 0.3) is 0 Å². The van der Waals surface area contributed by atoms with Gasteiger partial charge in [-0.25, -0.2) is 4.79 Å². The van der Waals surface area contributed by atoms with Gasteiger partial charge in [0.2, 0.25) is 5.91 Å². The molecule has 21 heavy (non-hydrogen) atoms. The zero-order valence-corrected chi connectivity index (χ0v) is 11.3. The summed E-state index contributed by atoms with van der Waals surface area (Å²) < 4.78 is 5.36. The molecule has 1 atom stereocenters. The van der Waals surface area contributed by atoms with Crippen LogP contribution in [0.4, 0.5) is 4.79 Å². The van der Waals surface area contributed by atoms with Crippen molar-refractivity contribution in [1.29, 1.82) is 0 Å². The molecule has 4 heterocycles. The molecule has 4 aliphatic rings. The normalized spacial score (nSPS) is 34.3. The monoisotopic (exact) mass is 286 g/mol. The fourth-order valence-electron chi connectivity index (χ4n) is 3.34. The highest BCUT2D eigenvalue weighted by molar-refractivity contribution is 5.94. The minimum Gasteiger partial charge on any atom is -0.438 e. The average Bonchev–Trinajstić information content (AvgIpc) is 2.81. The molecule has 0 aromatic carbocycles. The number of piperidine rings is 2. The van der Waals surface area contributed by atoms with Gasteiger partial charge >= 0.3 is 6.09 Å². The second-order valence-electron chi connectivity index (χ2n) is 5.73. The van der Waals surface area contributed by atoms with E-state index in [2.05, 4.69) is 21.9 Å². The molecule has 1 N–H and O–H groups in total. The molecule has 1 saturated carbocycles. The average molecular weight is 286 g/mol. The van der Waals surface area contributed by atoms with E-state index in [0.717, 1.165) is 5.70 Å². The number of hydrogen-bond donors (Lipinski definition) is 1. The molecule has 4 fully saturated rings. The van der Waals surface area contributed by atoms with Crippen molar-refractivity contribution in [2.45, 2.75) is 24.5 Å². The van der Waals surface area contributed by atoms with E-state index in [1.54, 1.807) is 18.6 Å². The molecule has 1 unspecified atom stereocenters. The first-order valence-corrected chi connectivity index (χ1v) is 6.84. The highest BCUT2D eigenvalue weighted by Gasteiger charge is 2.62. The van der Waals surface area contributed by atoms with E-state index in [0.29, 0.717) is 25.1 Å². The fraction of sp³-hybridized carbons (Fsp3) is 0.429. The van der Waals surface area contributed by atoms with Crippen molar-refractivity contribution in [3.63, 3.8) is 0 Å². The Morgan fingerprint density at radius 1 is 1.38 bits per heavy atom. The number of amides is 2. The maximum atomic E-state index is 12.3. The summed E-state index contributed by atoms with van der Waals surface area (Å²) >= 11 is 0. The van der Waals surface area contributed by atoms with Gasteiger partial charge in [-0.3, -0.25) is 19.7 Å². The predicted molar refractivity (Wildman–Crippen MR) is 70.7 cm³/mol. The second-order valence-corrected chi connectivity index (χ2v) is 5.73. The van der Waals surface area contributed by atoms with Crippen LogP contribution >= 0.6 is 0 Å². The maximum Gasteiger partial charge on any atom is 0.411 e. The highest BCUT2D eigenvalue weighted by Crippen LogP contribution is 2.50. The smallest absolute Gasteiger partial charge is 0.411 e. The molecule has 1 aromatic heterocycles. The number of ether oxygens (including phenoxy) is 1. The summed E-state index contributed by atoms with van der Waals surface area (Å²) in [5.74, 6) is 0.0952. The van der Waals surface area contributed by atoms with Gasteiger partial charge in [-0.1, -0.05) is 6.58 Å². The van der Waals surface area contributed by atoms with E-state index >= 15 is 0 Å². The van der Waals surface area contributed by atoms with Gasteiger partial charge in [0.1, 0.15) is 11.2 Å².